The Bertz CT molecular complexity index is 847. The van der Waals surface area contributed by atoms with Crippen molar-refractivity contribution in [3.05, 3.63) is 35.9 Å². The highest BCUT2D eigenvalue weighted by Gasteiger charge is 2.62. The number of rotatable bonds is 10. The Hall–Kier alpha value is -3.31. The molecular formula is C21H28F3N3O6. The summed E-state index contributed by atoms with van der Waals surface area (Å²) in [6, 6.07) is 5.37. The van der Waals surface area contributed by atoms with Gasteiger partial charge < -0.3 is 20.5 Å². The largest absolute Gasteiger partial charge is 0.480 e. The van der Waals surface area contributed by atoms with Gasteiger partial charge in [0.1, 0.15) is 18.7 Å². The van der Waals surface area contributed by atoms with Crippen LogP contribution in [0, 0.1) is 5.92 Å². The van der Waals surface area contributed by atoms with Crippen molar-refractivity contribution in [1.29, 1.82) is 0 Å². The molecule has 1 aromatic carbocycles. The van der Waals surface area contributed by atoms with Crippen molar-refractivity contribution in [2.45, 2.75) is 64.5 Å². The molecule has 1 aromatic rings. The Morgan fingerprint density at radius 3 is 2.03 bits per heavy atom. The van der Waals surface area contributed by atoms with Gasteiger partial charge in [-0.1, -0.05) is 44.2 Å². The SMILES string of the molecule is CC(C)CC(NC(=O)OCc1ccccc1)(C(=O)N[C@@H](C)C(=O)N[C@@H](C)C(=O)O)C(F)(F)F. The van der Waals surface area contributed by atoms with Gasteiger partial charge in [0.2, 0.25) is 11.4 Å². The quantitative estimate of drug-likeness (QED) is 0.411. The minimum absolute atomic E-state index is 0.324. The molecule has 0 aliphatic heterocycles. The number of carbonyl (C=O) groups is 4. The number of nitrogens with one attached hydrogen (secondary N) is 3. The fourth-order valence-electron chi connectivity index (χ4n) is 2.85. The van der Waals surface area contributed by atoms with Crippen molar-refractivity contribution in [3.63, 3.8) is 0 Å². The molecule has 0 radical (unpaired) electrons. The van der Waals surface area contributed by atoms with Gasteiger partial charge in [-0.3, -0.25) is 19.7 Å². The highest BCUT2D eigenvalue weighted by Crippen LogP contribution is 2.36. The zero-order valence-electron chi connectivity index (χ0n) is 18.7. The van der Waals surface area contributed by atoms with Crippen LogP contribution in [0.5, 0.6) is 0 Å². The highest BCUT2D eigenvalue weighted by molar-refractivity contribution is 5.95. The maximum absolute atomic E-state index is 14.2. The molecule has 0 fully saturated rings. The molecule has 9 nitrogen and oxygen atoms in total. The second-order valence-electron chi connectivity index (χ2n) is 7.95. The fourth-order valence-corrected chi connectivity index (χ4v) is 2.85. The van der Waals surface area contributed by atoms with Gasteiger partial charge in [0, 0.05) is 0 Å². The van der Waals surface area contributed by atoms with Crippen LogP contribution in [0.1, 0.15) is 39.7 Å². The van der Waals surface area contributed by atoms with E-state index < -0.39 is 60.0 Å². The average Bonchev–Trinajstić information content (AvgIpc) is 2.70. The number of aliphatic carboxylic acids is 1. The van der Waals surface area contributed by atoms with Crippen LogP contribution in [0.2, 0.25) is 0 Å². The van der Waals surface area contributed by atoms with Crippen molar-refractivity contribution in [3.8, 4) is 0 Å². The summed E-state index contributed by atoms with van der Waals surface area (Å²) < 4.78 is 47.4. The summed E-state index contributed by atoms with van der Waals surface area (Å²) in [5.74, 6) is -4.74. The van der Waals surface area contributed by atoms with Crippen LogP contribution in [-0.2, 0) is 25.7 Å². The van der Waals surface area contributed by atoms with Gasteiger partial charge in [0.15, 0.2) is 0 Å². The summed E-state index contributed by atoms with van der Waals surface area (Å²) in [5, 5.41) is 14.5. The third kappa shape index (κ3) is 7.95. The smallest absolute Gasteiger partial charge is 0.420 e. The molecule has 1 rings (SSSR count). The molecule has 0 spiro atoms. The van der Waals surface area contributed by atoms with Gasteiger partial charge in [-0.25, -0.2) is 4.79 Å². The maximum atomic E-state index is 14.2. The van der Waals surface area contributed by atoms with E-state index in [9.17, 15) is 32.3 Å². The van der Waals surface area contributed by atoms with Gasteiger partial charge in [-0.15, -0.1) is 0 Å². The molecule has 0 aliphatic carbocycles. The number of benzene rings is 1. The van der Waals surface area contributed by atoms with Crippen molar-refractivity contribution < 1.29 is 42.2 Å². The lowest BCUT2D eigenvalue weighted by molar-refractivity contribution is -0.202. The van der Waals surface area contributed by atoms with E-state index in [1.54, 1.807) is 35.6 Å². The van der Waals surface area contributed by atoms with Crippen molar-refractivity contribution in [2.24, 2.45) is 5.92 Å². The monoisotopic (exact) mass is 475 g/mol. The summed E-state index contributed by atoms with van der Waals surface area (Å²) in [4.78, 5) is 48.0. The summed E-state index contributed by atoms with van der Waals surface area (Å²) in [7, 11) is 0. The Morgan fingerprint density at radius 2 is 1.55 bits per heavy atom. The number of alkyl halides is 3. The van der Waals surface area contributed by atoms with E-state index in [2.05, 4.69) is 0 Å². The standard InChI is InChI=1S/C21H28F3N3O6/c1-12(2)10-20(21(22,23)24,27-19(32)33-11-15-8-6-5-7-9-15)18(31)26-13(3)16(28)25-14(4)17(29)30/h5-9,12-14H,10-11H2,1-4H3,(H,25,28)(H,26,31)(H,27,32)(H,29,30)/t13-,14-,20?/m0/s1. The molecule has 0 aliphatic rings. The topological polar surface area (TPSA) is 134 Å². The molecule has 3 amide bonds. The lowest BCUT2D eigenvalue weighted by Crippen LogP contribution is -2.69. The molecule has 0 heterocycles. The Balaban J connectivity index is 3.08. The first-order valence-electron chi connectivity index (χ1n) is 10.1. The number of ether oxygens (including phenoxy) is 1. The number of amides is 3. The second-order valence-corrected chi connectivity index (χ2v) is 7.95. The normalized spacial score (nSPS) is 15.0. The molecule has 1 unspecified atom stereocenters. The van der Waals surface area contributed by atoms with E-state index >= 15 is 0 Å². The fraction of sp³-hybridized carbons (Fsp3) is 0.524. The van der Waals surface area contributed by atoms with E-state index in [1.165, 1.54) is 13.8 Å². The second kappa shape index (κ2) is 11.5. The van der Waals surface area contributed by atoms with E-state index in [4.69, 9.17) is 9.84 Å². The molecule has 4 N–H and O–H groups in total. The predicted octanol–water partition coefficient (Wildman–Crippen LogP) is 2.35. The lowest BCUT2D eigenvalue weighted by Gasteiger charge is -2.36. The van der Waals surface area contributed by atoms with Crippen molar-refractivity contribution >= 4 is 23.9 Å². The highest BCUT2D eigenvalue weighted by atomic mass is 19.4. The van der Waals surface area contributed by atoms with E-state index in [-0.39, 0.29) is 6.61 Å². The minimum atomic E-state index is -5.24. The van der Waals surface area contributed by atoms with Gasteiger partial charge in [0.25, 0.3) is 5.91 Å². The number of carbonyl (C=O) groups excluding carboxylic acids is 3. The van der Waals surface area contributed by atoms with Crippen LogP contribution < -0.4 is 16.0 Å². The van der Waals surface area contributed by atoms with Crippen LogP contribution >= 0.6 is 0 Å². The third-order valence-corrected chi connectivity index (χ3v) is 4.58. The Morgan fingerprint density at radius 1 is 0.970 bits per heavy atom. The van der Waals surface area contributed by atoms with Crippen LogP contribution in [-0.4, -0.2) is 52.8 Å². The number of halogens is 3. The lowest BCUT2D eigenvalue weighted by atomic mass is 9.86. The number of hydrogen-bond donors (Lipinski definition) is 4. The average molecular weight is 475 g/mol. The molecule has 184 valence electrons. The predicted molar refractivity (Wildman–Crippen MR) is 111 cm³/mol. The van der Waals surface area contributed by atoms with E-state index in [0.717, 1.165) is 13.8 Å². The summed E-state index contributed by atoms with van der Waals surface area (Å²) in [5.41, 5.74) is -2.86. The maximum Gasteiger partial charge on any atom is 0.420 e. The zero-order chi connectivity index (χ0) is 25.4. The van der Waals surface area contributed by atoms with Crippen LogP contribution in [0.15, 0.2) is 30.3 Å². The van der Waals surface area contributed by atoms with Crippen LogP contribution in [0.3, 0.4) is 0 Å². The molecule has 33 heavy (non-hydrogen) atoms. The summed E-state index contributed by atoms with van der Waals surface area (Å²) in [6.45, 7) is 4.77. The first kappa shape index (κ1) is 27.7. The summed E-state index contributed by atoms with van der Waals surface area (Å²) in [6.07, 6.45) is -7.54. The van der Waals surface area contributed by atoms with Gasteiger partial charge in [0.05, 0.1) is 0 Å². The van der Waals surface area contributed by atoms with E-state index in [1.807, 2.05) is 10.6 Å². The molecule has 0 saturated carbocycles. The number of alkyl carbamates (subject to hydrolysis) is 1. The van der Waals surface area contributed by atoms with Gasteiger partial charge in [-0.2, -0.15) is 13.2 Å². The first-order chi connectivity index (χ1) is 15.2. The van der Waals surface area contributed by atoms with Crippen molar-refractivity contribution in [1.82, 2.24) is 16.0 Å². The molecule has 12 heteroatoms. The van der Waals surface area contributed by atoms with Crippen molar-refractivity contribution in [2.75, 3.05) is 0 Å². The molecule has 3 atom stereocenters. The zero-order valence-corrected chi connectivity index (χ0v) is 18.7. The summed E-state index contributed by atoms with van der Waals surface area (Å²) >= 11 is 0. The Kier molecular flexibility index (Phi) is 9.68. The molecule has 0 bridgehead atoms. The van der Waals surface area contributed by atoms with Crippen LogP contribution in [0.25, 0.3) is 0 Å². The first-order valence-corrected chi connectivity index (χ1v) is 10.1. The Labute approximate surface area is 189 Å². The third-order valence-electron chi connectivity index (χ3n) is 4.58. The molecule has 0 saturated heterocycles. The minimum Gasteiger partial charge on any atom is -0.480 e. The van der Waals surface area contributed by atoms with Gasteiger partial charge >= 0.3 is 18.2 Å². The number of hydrogen-bond acceptors (Lipinski definition) is 5. The number of carboxylic acids is 1. The molecule has 0 aromatic heterocycles. The van der Waals surface area contributed by atoms with E-state index in [0.29, 0.717) is 5.56 Å². The van der Waals surface area contributed by atoms with Crippen LogP contribution in [0.4, 0.5) is 18.0 Å². The van der Waals surface area contributed by atoms with Gasteiger partial charge in [-0.05, 0) is 31.7 Å². The number of carboxylic acid groups (broad SMARTS) is 1. The molecular weight excluding hydrogens is 447 g/mol.